The summed E-state index contributed by atoms with van der Waals surface area (Å²) in [6.45, 7) is 1.94. The number of hydrogen-bond donors (Lipinski definition) is 2. The molecule has 3 rings (SSSR count). The summed E-state index contributed by atoms with van der Waals surface area (Å²) in [7, 11) is 1.79. The maximum absolute atomic E-state index is 12.1. The van der Waals surface area contributed by atoms with Gasteiger partial charge in [-0.1, -0.05) is 23.9 Å². The molecule has 21 heavy (non-hydrogen) atoms. The predicted octanol–water partition coefficient (Wildman–Crippen LogP) is 1.23. The zero-order valence-electron chi connectivity index (χ0n) is 11.6. The van der Waals surface area contributed by atoms with Crippen molar-refractivity contribution in [2.75, 3.05) is 5.73 Å². The first-order chi connectivity index (χ1) is 10.1. The third kappa shape index (κ3) is 2.49. The lowest BCUT2D eigenvalue weighted by atomic mass is 10.1. The molecule has 0 aliphatic carbocycles. The highest BCUT2D eigenvalue weighted by Crippen LogP contribution is 2.20. The molecule has 3 N–H and O–H groups in total. The maximum Gasteiger partial charge on any atom is 0.258 e. The number of aromatic amines is 1. The molecule has 0 aliphatic rings. The van der Waals surface area contributed by atoms with Crippen LogP contribution in [-0.4, -0.2) is 24.7 Å². The number of nitrogens with one attached hydrogen (secondary N) is 1. The van der Waals surface area contributed by atoms with Crippen molar-refractivity contribution in [3.63, 3.8) is 0 Å². The highest BCUT2D eigenvalue weighted by Gasteiger charge is 2.09. The maximum atomic E-state index is 12.1. The third-order valence-corrected chi connectivity index (χ3v) is 4.23. The van der Waals surface area contributed by atoms with Crippen molar-refractivity contribution in [3.05, 3.63) is 39.9 Å². The Bertz CT molecular complexity index is 869. The molecule has 8 heteroatoms. The summed E-state index contributed by atoms with van der Waals surface area (Å²) < 4.78 is 1.69. The molecule has 0 saturated carbocycles. The van der Waals surface area contributed by atoms with E-state index in [1.807, 2.05) is 19.1 Å². The number of nitrogens with two attached hydrogens (primary N) is 1. The number of aryl methyl sites for hydroxylation is 1. The van der Waals surface area contributed by atoms with Gasteiger partial charge in [0, 0.05) is 7.05 Å². The minimum atomic E-state index is -0.128. The smallest absolute Gasteiger partial charge is 0.258 e. The van der Waals surface area contributed by atoms with Crippen LogP contribution >= 0.6 is 11.8 Å². The molecule has 0 radical (unpaired) electrons. The summed E-state index contributed by atoms with van der Waals surface area (Å²) in [6, 6.07) is 5.56. The van der Waals surface area contributed by atoms with E-state index in [-0.39, 0.29) is 5.56 Å². The summed E-state index contributed by atoms with van der Waals surface area (Å²) in [5.74, 6) is 1.45. The van der Waals surface area contributed by atoms with Crippen LogP contribution in [0.3, 0.4) is 0 Å². The van der Waals surface area contributed by atoms with Crippen molar-refractivity contribution in [1.82, 2.24) is 24.7 Å². The number of thioether (sulfide) groups is 1. The molecule has 0 atom stereocenters. The van der Waals surface area contributed by atoms with Crippen molar-refractivity contribution < 1.29 is 0 Å². The van der Waals surface area contributed by atoms with Crippen LogP contribution in [0.4, 0.5) is 5.95 Å². The van der Waals surface area contributed by atoms with Crippen molar-refractivity contribution in [2.24, 2.45) is 7.05 Å². The van der Waals surface area contributed by atoms with Crippen LogP contribution in [0, 0.1) is 6.92 Å². The molecule has 0 spiro atoms. The lowest BCUT2D eigenvalue weighted by Gasteiger charge is -2.05. The molecule has 0 bridgehead atoms. The van der Waals surface area contributed by atoms with Crippen LogP contribution in [-0.2, 0) is 12.8 Å². The van der Waals surface area contributed by atoms with Gasteiger partial charge in [-0.15, -0.1) is 10.2 Å². The normalized spacial score (nSPS) is 11.1. The Morgan fingerprint density at radius 2 is 2.19 bits per heavy atom. The topological polar surface area (TPSA) is 102 Å². The Labute approximate surface area is 124 Å². The minimum Gasteiger partial charge on any atom is -0.368 e. The lowest BCUT2D eigenvalue weighted by Crippen LogP contribution is -2.12. The van der Waals surface area contributed by atoms with Gasteiger partial charge in [0.1, 0.15) is 5.82 Å². The largest absolute Gasteiger partial charge is 0.368 e. The monoisotopic (exact) mass is 302 g/mol. The zero-order valence-corrected chi connectivity index (χ0v) is 12.4. The number of benzene rings is 1. The van der Waals surface area contributed by atoms with Crippen LogP contribution in [0.1, 0.15) is 11.4 Å². The molecule has 0 saturated heterocycles. The highest BCUT2D eigenvalue weighted by atomic mass is 32.2. The molecule has 2 aromatic heterocycles. The van der Waals surface area contributed by atoms with E-state index in [4.69, 9.17) is 5.73 Å². The van der Waals surface area contributed by atoms with Crippen molar-refractivity contribution >= 4 is 28.6 Å². The number of hydrogen-bond acceptors (Lipinski definition) is 6. The highest BCUT2D eigenvalue weighted by molar-refractivity contribution is 7.98. The Morgan fingerprint density at radius 1 is 1.38 bits per heavy atom. The van der Waals surface area contributed by atoms with Crippen LogP contribution in [0.2, 0.25) is 0 Å². The summed E-state index contributed by atoms with van der Waals surface area (Å²) in [5.41, 5.74) is 7.21. The SMILES string of the molecule is Cc1cccc2c(=O)[nH]c(CSc3nnc(N)n3C)nc12. The van der Waals surface area contributed by atoms with Crippen LogP contribution < -0.4 is 11.3 Å². The average molecular weight is 302 g/mol. The van der Waals surface area contributed by atoms with E-state index in [0.29, 0.717) is 28.1 Å². The number of fused-ring (bicyclic) bond motifs is 1. The van der Waals surface area contributed by atoms with Gasteiger partial charge in [-0.3, -0.25) is 9.36 Å². The number of para-hydroxylation sites is 1. The molecule has 7 nitrogen and oxygen atoms in total. The first kappa shape index (κ1) is 13.6. The third-order valence-electron chi connectivity index (χ3n) is 3.19. The van der Waals surface area contributed by atoms with Gasteiger partial charge in [0.05, 0.1) is 16.7 Å². The van der Waals surface area contributed by atoms with Gasteiger partial charge >= 0.3 is 0 Å². The molecule has 3 aromatic rings. The predicted molar refractivity (Wildman–Crippen MR) is 82.1 cm³/mol. The van der Waals surface area contributed by atoms with E-state index in [0.717, 1.165) is 11.1 Å². The van der Waals surface area contributed by atoms with Gasteiger partial charge < -0.3 is 10.7 Å². The molecule has 0 aliphatic heterocycles. The molecular formula is C13H14N6OS. The number of nitrogens with zero attached hydrogens (tertiary/aromatic N) is 4. The summed E-state index contributed by atoms with van der Waals surface area (Å²) in [5, 5.41) is 9.04. The number of rotatable bonds is 3. The number of anilines is 1. The van der Waals surface area contributed by atoms with Crippen molar-refractivity contribution in [1.29, 1.82) is 0 Å². The molecular weight excluding hydrogens is 288 g/mol. The summed E-state index contributed by atoms with van der Waals surface area (Å²) >= 11 is 1.42. The van der Waals surface area contributed by atoms with Crippen molar-refractivity contribution in [2.45, 2.75) is 17.8 Å². The second-order valence-corrected chi connectivity index (χ2v) is 5.61. The van der Waals surface area contributed by atoms with E-state index in [2.05, 4.69) is 20.2 Å². The van der Waals surface area contributed by atoms with Gasteiger partial charge in [-0.2, -0.15) is 0 Å². The average Bonchev–Trinajstić information content (AvgIpc) is 2.78. The molecule has 2 heterocycles. The molecule has 0 fully saturated rings. The van der Waals surface area contributed by atoms with E-state index in [9.17, 15) is 4.79 Å². The first-order valence-electron chi connectivity index (χ1n) is 6.32. The summed E-state index contributed by atoms with van der Waals surface area (Å²) in [4.78, 5) is 19.4. The first-order valence-corrected chi connectivity index (χ1v) is 7.31. The Hall–Kier alpha value is -2.35. The second kappa shape index (κ2) is 5.21. The van der Waals surface area contributed by atoms with Gasteiger partial charge in [0.2, 0.25) is 5.95 Å². The fourth-order valence-corrected chi connectivity index (χ4v) is 2.79. The van der Waals surface area contributed by atoms with Gasteiger partial charge in [0.15, 0.2) is 5.16 Å². The lowest BCUT2D eigenvalue weighted by molar-refractivity contribution is 0.795. The molecule has 0 amide bonds. The Balaban J connectivity index is 1.93. The van der Waals surface area contributed by atoms with E-state index in [1.54, 1.807) is 17.7 Å². The number of nitrogen functional groups attached to an aromatic ring is 1. The number of aromatic nitrogens is 5. The molecule has 0 unspecified atom stereocenters. The van der Waals surface area contributed by atoms with Gasteiger partial charge in [-0.05, 0) is 18.6 Å². The fraction of sp³-hybridized carbons (Fsp3) is 0.231. The Morgan fingerprint density at radius 3 is 2.90 bits per heavy atom. The van der Waals surface area contributed by atoms with Gasteiger partial charge in [-0.25, -0.2) is 4.98 Å². The standard InChI is InChI=1S/C13H14N6OS/c1-7-4-3-5-8-10(7)15-9(16-11(8)20)6-21-13-18-17-12(14)19(13)2/h3-5H,6H2,1-2H3,(H2,14,17)(H,15,16,20). The van der Waals surface area contributed by atoms with Crippen LogP contribution in [0.5, 0.6) is 0 Å². The molecule has 108 valence electrons. The van der Waals surface area contributed by atoms with Crippen LogP contribution in [0.15, 0.2) is 28.2 Å². The summed E-state index contributed by atoms with van der Waals surface area (Å²) in [6.07, 6.45) is 0. The molecule has 1 aromatic carbocycles. The second-order valence-electron chi connectivity index (χ2n) is 4.67. The minimum absolute atomic E-state index is 0.128. The van der Waals surface area contributed by atoms with E-state index >= 15 is 0 Å². The van der Waals surface area contributed by atoms with E-state index in [1.165, 1.54) is 11.8 Å². The van der Waals surface area contributed by atoms with Crippen molar-refractivity contribution in [3.8, 4) is 0 Å². The Kier molecular flexibility index (Phi) is 3.38. The fourth-order valence-electron chi connectivity index (χ4n) is 2.01. The zero-order chi connectivity index (χ0) is 15.0. The van der Waals surface area contributed by atoms with Gasteiger partial charge in [0.25, 0.3) is 5.56 Å². The van der Waals surface area contributed by atoms with E-state index < -0.39 is 0 Å². The quantitative estimate of drug-likeness (QED) is 0.706. The number of H-pyrrole nitrogens is 1. The van der Waals surface area contributed by atoms with Crippen LogP contribution in [0.25, 0.3) is 10.9 Å².